The van der Waals surface area contributed by atoms with E-state index in [1.54, 1.807) is 0 Å². The smallest absolute Gasteiger partial charge is 0.245 e. The van der Waals surface area contributed by atoms with Crippen LogP contribution in [0.2, 0.25) is 0 Å². The van der Waals surface area contributed by atoms with Crippen LogP contribution in [0.5, 0.6) is 0 Å². The average molecular weight is 294 g/mol. The highest BCUT2D eigenvalue weighted by Gasteiger charge is 2.41. The van der Waals surface area contributed by atoms with E-state index in [4.69, 9.17) is 0 Å². The molecule has 2 atom stereocenters. The first-order valence-corrected chi connectivity index (χ1v) is 8.20. The van der Waals surface area contributed by atoms with Crippen LogP contribution in [0.25, 0.3) is 0 Å². The van der Waals surface area contributed by atoms with Gasteiger partial charge in [0.25, 0.3) is 0 Å². The number of hydrogen-bond donors (Lipinski definition) is 1. The van der Waals surface area contributed by atoms with Crippen LogP contribution in [0.15, 0.2) is 0 Å². The number of nitrogens with one attached hydrogen (secondary N) is 1. The van der Waals surface area contributed by atoms with Crippen molar-refractivity contribution in [1.82, 2.24) is 10.2 Å². The van der Waals surface area contributed by atoms with Gasteiger partial charge in [-0.3, -0.25) is 9.59 Å². The number of amides is 2. The topological polar surface area (TPSA) is 49.4 Å². The number of nitrogens with zero attached hydrogens (tertiary/aromatic N) is 1. The van der Waals surface area contributed by atoms with Crippen molar-refractivity contribution in [2.45, 2.75) is 78.8 Å². The Bertz CT molecular complexity index is 423. The Morgan fingerprint density at radius 2 is 1.90 bits per heavy atom. The van der Waals surface area contributed by atoms with Gasteiger partial charge in [0.05, 0.1) is 0 Å². The lowest BCUT2D eigenvalue weighted by atomic mass is 9.74. The zero-order valence-electron chi connectivity index (χ0n) is 14.2. The van der Waals surface area contributed by atoms with E-state index in [1.807, 2.05) is 25.7 Å². The molecule has 21 heavy (non-hydrogen) atoms. The second-order valence-corrected chi connectivity index (χ2v) is 8.56. The van der Waals surface area contributed by atoms with Gasteiger partial charge >= 0.3 is 0 Å². The molecule has 0 aromatic heterocycles. The summed E-state index contributed by atoms with van der Waals surface area (Å²) in [5.74, 6) is 0.108. The van der Waals surface area contributed by atoms with Crippen molar-refractivity contribution in [3.05, 3.63) is 0 Å². The third-order valence-corrected chi connectivity index (χ3v) is 4.90. The van der Waals surface area contributed by atoms with E-state index in [0.29, 0.717) is 24.4 Å². The van der Waals surface area contributed by atoms with Crippen LogP contribution < -0.4 is 5.32 Å². The van der Waals surface area contributed by atoms with Crippen molar-refractivity contribution in [2.75, 3.05) is 6.54 Å². The summed E-state index contributed by atoms with van der Waals surface area (Å²) in [6.07, 6.45) is 4.94. The van der Waals surface area contributed by atoms with Crippen LogP contribution in [-0.2, 0) is 9.59 Å². The van der Waals surface area contributed by atoms with Gasteiger partial charge < -0.3 is 10.2 Å². The average Bonchev–Trinajstić information content (AvgIpc) is 2.47. The maximum atomic E-state index is 13.0. The minimum atomic E-state index is -0.405. The summed E-state index contributed by atoms with van der Waals surface area (Å²) in [4.78, 5) is 26.9. The molecule has 0 bridgehead atoms. The molecule has 2 unspecified atom stereocenters. The summed E-state index contributed by atoms with van der Waals surface area (Å²) in [6.45, 7) is 11.2. The lowest BCUT2D eigenvalue weighted by Gasteiger charge is -2.42. The molecule has 1 heterocycles. The van der Waals surface area contributed by atoms with Crippen LogP contribution in [0, 0.1) is 10.8 Å². The predicted molar refractivity (Wildman–Crippen MR) is 83.8 cm³/mol. The molecular weight excluding hydrogens is 264 g/mol. The molecule has 2 aliphatic rings. The lowest BCUT2D eigenvalue weighted by molar-refractivity contribution is -0.139. The highest BCUT2D eigenvalue weighted by Crippen LogP contribution is 2.38. The van der Waals surface area contributed by atoms with Gasteiger partial charge in [-0.2, -0.15) is 0 Å². The van der Waals surface area contributed by atoms with Gasteiger partial charge in [-0.05, 0) is 30.1 Å². The zero-order valence-corrected chi connectivity index (χ0v) is 14.2. The molecule has 2 amide bonds. The fourth-order valence-electron chi connectivity index (χ4n) is 3.67. The standard InChI is InChI=1S/C17H30N2O2/c1-16(2,3)14-15(21)19(10-8-13(20)18-14)12-7-6-9-17(4,5)11-12/h12,14H,6-11H2,1-5H3,(H,18,20). The predicted octanol–water partition coefficient (Wildman–Crippen LogP) is 2.72. The molecule has 0 aromatic carbocycles. The van der Waals surface area contributed by atoms with Crippen LogP contribution in [0.3, 0.4) is 0 Å². The molecule has 120 valence electrons. The zero-order chi connectivity index (χ0) is 15.8. The first-order chi connectivity index (χ1) is 9.60. The molecule has 1 aliphatic carbocycles. The van der Waals surface area contributed by atoms with Gasteiger partial charge in [0.15, 0.2) is 0 Å². The third-order valence-electron chi connectivity index (χ3n) is 4.90. The molecule has 2 fully saturated rings. The summed E-state index contributed by atoms with van der Waals surface area (Å²) < 4.78 is 0. The van der Waals surface area contributed by atoms with E-state index in [2.05, 4.69) is 19.2 Å². The van der Waals surface area contributed by atoms with Crippen LogP contribution in [0.1, 0.15) is 66.7 Å². The monoisotopic (exact) mass is 294 g/mol. The molecule has 0 radical (unpaired) electrons. The molecule has 1 N–H and O–H groups in total. The van der Waals surface area contributed by atoms with Gasteiger partial charge in [-0.1, -0.05) is 41.0 Å². The van der Waals surface area contributed by atoms with Crippen molar-refractivity contribution in [1.29, 1.82) is 0 Å². The van der Waals surface area contributed by atoms with E-state index < -0.39 is 6.04 Å². The molecular formula is C17H30N2O2. The molecule has 2 rings (SSSR count). The SMILES string of the molecule is CC1(C)CCCC(N2CCC(=O)NC(C(C)(C)C)C2=O)C1. The summed E-state index contributed by atoms with van der Waals surface area (Å²) in [5, 5.41) is 2.93. The van der Waals surface area contributed by atoms with Crippen LogP contribution in [-0.4, -0.2) is 35.3 Å². The van der Waals surface area contributed by atoms with E-state index in [-0.39, 0.29) is 17.2 Å². The fourth-order valence-corrected chi connectivity index (χ4v) is 3.67. The van der Waals surface area contributed by atoms with E-state index in [1.165, 1.54) is 12.8 Å². The first-order valence-electron chi connectivity index (χ1n) is 8.20. The summed E-state index contributed by atoms with van der Waals surface area (Å²) in [6, 6.07) is -0.115. The molecule has 4 heteroatoms. The van der Waals surface area contributed by atoms with Crippen molar-refractivity contribution >= 4 is 11.8 Å². The van der Waals surface area contributed by atoms with Gasteiger partial charge in [0.2, 0.25) is 11.8 Å². The number of hydrogen-bond acceptors (Lipinski definition) is 2. The normalized spacial score (nSPS) is 30.8. The molecule has 0 spiro atoms. The molecule has 1 saturated carbocycles. The van der Waals surface area contributed by atoms with E-state index >= 15 is 0 Å². The van der Waals surface area contributed by atoms with Gasteiger partial charge in [-0.25, -0.2) is 0 Å². The number of carbonyl (C=O) groups is 2. The molecule has 1 aliphatic heterocycles. The molecule has 4 nitrogen and oxygen atoms in total. The largest absolute Gasteiger partial charge is 0.344 e. The minimum absolute atomic E-state index is 0.000782. The Morgan fingerprint density at radius 3 is 2.48 bits per heavy atom. The highest BCUT2D eigenvalue weighted by atomic mass is 16.2. The van der Waals surface area contributed by atoms with Crippen LogP contribution >= 0.6 is 0 Å². The Morgan fingerprint density at radius 1 is 1.24 bits per heavy atom. The summed E-state index contributed by atoms with van der Waals surface area (Å²) in [5.41, 5.74) is 0.0453. The maximum absolute atomic E-state index is 13.0. The minimum Gasteiger partial charge on any atom is -0.344 e. The second kappa shape index (κ2) is 5.62. The van der Waals surface area contributed by atoms with Crippen LogP contribution in [0.4, 0.5) is 0 Å². The van der Waals surface area contributed by atoms with Crippen molar-refractivity contribution in [3.63, 3.8) is 0 Å². The molecule has 1 saturated heterocycles. The Kier molecular flexibility index (Phi) is 4.36. The molecule has 0 aromatic rings. The highest BCUT2D eigenvalue weighted by molar-refractivity contribution is 5.90. The van der Waals surface area contributed by atoms with Gasteiger partial charge in [0.1, 0.15) is 6.04 Å². The lowest BCUT2D eigenvalue weighted by Crippen LogP contribution is -2.55. The van der Waals surface area contributed by atoms with E-state index in [9.17, 15) is 9.59 Å². The first kappa shape index (κ1) is 16.3. The third kappa shape index (κ3) is 3.78. The van der Waals surface area contributed by atoms with Gasteiger partial charge in [-0.15, -0.1) is 0 Å². The van der Waals surface area contributed by atoms with E-state index in [0.717, 1.165) is 12.8 Å². The Hall–Kier alpha value is -1.06. The summed E-state index contributed by atoms with van der Waals surface area (Å²) >= 11 is 0. The maximum Gasteiger partial charge on any atom is 0.245 e. The fraction of sp³-hybridized carbons (Fsp3) is 0.882. The van der Waals surface area contributed by atoms with Crippen molar-refractivity contribution < 1.29 is 9.59 Å². The quantitative estimate of drug-likeness (QED) is 0.808. The van der Waals surface area contributed by atoms with Crippen molar-refractivity contribution in [3.8, 4) is 0 Å². The second-order valence-electron chi connectivity index (χ2n) is 8.56. The summed E-state index contributed by atoms with van der Waals surface area (Å²) in [7, 11) is 0. The van der Waals surface area contributed by atoms with Crippen molar-refractivity contribution in [2.24, 2.45) is 10.8 Å². The van der Waals surface area contributed by atoms with Gasteiger partial charge in [0, 0.05) is 19.0 Å². The number of rotatable bonds is 1. The Labute approximate surface area is 128 Å². The Balaban J connectivity index is 2.21. The number of carbonyl (C=O) groups excluding carboxylic acids is 2.